The van der Waals surface area contributed by atoms with Crippen LogP contribution in [-0.4, -0.2) is 28.7 Å². The largest absolute Gasteiger partial charge is 0.486 e. The van der Waals surface area contributed by atoms with E-state index in [1.807, 2.05) is 47.0 Å². The molecule has 24 heavy (non-hydrogen) atoms. The highest BCUT2D eigenvalue weighted by Crippen LogP contribution is 2.37. The van der Waals surface area contributed by atoms with Crippen molar-refractivity contribution in [3.05, 3.63) is 48.0 Å². The zero-order chi connectivity index (χ0) is 16.1. The van der Waals surface area contributed by atoms with Gasteiger partial charge >= 0.3 is 0 Å². The first-order valence-corrected chi connectivity index (χ1v) is 7.76. The molecule has 3 heterocycles. The molecule has 0 saturated carbocycles. The number of imidazole rings is 1. The topological polar surface area (TPSA) is 86.7 Å². The van der Waals surface area contributed by atoms with Crippen molar-refractivity contribution in [2.45, 2.75) is 6.17 Å². The van der Waals surface area contributed by atoms with Gasteiger partial charge < -0.3 is 15.2 Å². The van der Waals surface area contributed by atoms with Crippen molar-refractivity contribution in [2.24, 2.45) is 10.7 Å². The molecule has 120 valence electrons. The van der Waals surface area contributed by atoms with Gasteiger partial charge in [-0.25, -0.2) is 9.98 Å². The van der Waals surface area contributed by atoms with E-state index in [9.17, 15) is 0 Å². The Morgan fingerprint density at radius 2 is 1.92 bits per heavy atom. The maximum atomic E-state index is 5.97. The molecule has 7 nitrogen and oxygen atoms in total. The zero-order valence-corrected chi connectivity index (χ0v) is 12.8. The lowest BCUT2D eigenvalue weighted by molar-refractivity contribution is 0.171. The molecule has 3 aromatic rings. The van der Waals surface area contributed by atoms with Gasteiger partial charge in [0.15, 0.2) is 23.6 Å². The van der Waals surface area contributed by atoms with Crippen LogP contribution < -0.4 is 20.5 Å². The molecule has 0 amide bonds. The number of nitrogens with zero attached hydrogens (tertiary/aromatic N) is 3. The second kappa shape index (κ2) is 4.89. The maximum absolute atomic E-state index is 5.97. The first-order chi connectivity index (χ1) is 11.8. The van der Waals surface area contributed by atoms with Gasteiger partial charge in [0.05, 0.1) is 11.0 Å². The van der Waals surface area contributed by atoms with Gasteiger partial charge in [-0.05, 0) is 24.3 Å². The predicted octanol–water partition coefficient (Wildman–Crippen LogP) is 2.09. The highest BCUT2D eigenvalue weighted by atomic mass is 16.6. The summed E-state index contributed by atoms with van der Waals surface area (Å²) in [5.74, 6) is 2.52. The van der Waals surface area contributed by atoms with Crippen molar-refractivity contribution in [3.63, 3.8) is 0 Å². The minimum Gasteiger partial charge on any atom is -0.486 e. The number of rotatable bonds is 1. The predicted molar refractivity (Wildman–Crippen MR) is 90.5 cm³/mol. The summed E-state index contributed by atoms with van der Waals surface area (Å²) in [7, 11) is 0. The normalized spacial score (nSPS) is 18.7. The average Bonchev–Trinajstić information content (AvgIpc) is 2.98. The van der Waals surface area contributed by atoms with Crippen LogP contribution in [0.4, 0.5) is 5.95 Å². The molecule has 7 heteroatoms. The molecule has 3 N–H and O–H groups in total. The Balaban J connectivity index is 1.69. The Morgan fingerprint density at radius 3 is 2.83 bits per heavy atom. The fourth-order valence-corrected chi connectivity index (χ4v) is 3.16. The molecule has 2 aromatic carbocycles. The highest BCUT2D eigenvalue weighted by molar-refractivity contribution is 5.94. The summed E-state index contributed by atoms with van der Waals surface area (Å²) in [5.41, 5.74) is 8.82. The van der Waals surface area contributed by atoms with E-state index >= 15 is 0 Å². The number of nitrogens with two attached hydrogens (primary N) is 1. The number of aromatic nitrogens is 2. The monoisotopic (exact) mass is 321 g/mol. The van der Waals surface area contributed by atoms with Gasteiger partial charge in [0.2, 0.25) is 5.95 Å². The van der Waals surface area contributed by atoms with E-state index in [-0.39, 0.29) is 6.17 Å². The van der Waals surface area contributed by atoms with Crippen LogP contribution in [0.25, 0.3) is 11.0 Å². The number of hydrogen-bond acceptors (Lipinski definition) is 6. The van der Waals surface area contributed by atoms with Crippen molar-refractivity contribution in [3.8, 4) is 11.5 Å². The van der Waals surface area contributed by atoms with Gasteiger partial charge in [-0.3, -0.25) is 9.88 Å². The lowest BCUT2D eigenvalue weighted by Gasteiger charge is -2.25. The third kappa shape index (κ3) is 1.91. The van der Waals surface area contributed by atoms with E-state index in [4.69, 9.17) is 15.2 Å². The molecule has 2 aliphatic heterocycles. The molecule has 0 unspecified atom stereocenters. The first kappa shape index (κ1) is 13.2. The van der Waals surface area contributed by atoms with E-state index in [2.05, 4.69) is 15.3 Å². The van der Waals surface area contributed by atoms with Crippen LogP contribution in [0, 0.1) is 0 Å². The molecule has 2 aliphatic rings. The molecule has 0 fully saturated rings. The van der Waals surface area contributed by atoms with Gasteiger partial charge in [0, 0.05) is 5.56 Å². The van der Waals surface area contributed by atoms with Crippen molar-refractivity contribution in [1.82, 2.24) is 9.55 Å². The average molecular weight is 321 g/mol. The maximum Gasteiger partial charge on any atom is 0.212 e. The number of ether oxygens (including phenoxy) is 2. The summed E-state index contributed by atoms with van der Waals surface area (Å²) in [6, 6.07) is 13.8. The summed E-state index contributed by atoms with van der Waals surface area (Å²) in [5, 5.41) is 3.04. The number of para-hydroxylation sites is 2. The van der Waals surface area contributed by atoms with E-state index in [1.54, 1.807) is 0 Å². The zero-order valence-electron chi connectivity index (χ0n) is 12.8. The van der Waals surface area contributed by atoms with Crippen LogP contribution in [0.3, 0.4) is 0 Å². The van der Waals surface area contributed by atoms with Gasteiger partial charge in [0.1, 0.15) is 13.2 Å². The smallest absolute Gasteiger partial charge is 0.212 e. The van der Waals surface area contributed by atoms with Gasteiger partial charge in [-0.2, -0.15) is 0 Å². The number of nitrogens with one attached hydrogen (secondary N) is 1. The third-order valence-electron chi connectivity index (χ3n) is 4.21. The number of aliphatic imine (C=N–C) groups is 1. The van der Waals surface area contributed by atoms with Crippen LogP contribution >= 0.6 is 0 Å². The Bertz CT molecular complexity index is 978. The lowest BCUT2D eigenvalue weighted by Crippen LogP contribution is -2.31. The van der Waals surface area contributed by atoms with E-state index in [0.717, 1.165) is 28.1 Å². The molecular formula is C17H15N5O2. The number of anilines is 1. The molecule has 1 aromatic heterocycles. The van der Waals surface area contributed by atoms with Crippen LogP contribution in [0.15, 0.2) is 47.5 Å². The summed E-state index contributed by atoms with van der Waals surface area (Å²) < 4.78 is 13.3. The van der Waals surface area contributed by atoms with Crippen molar-refractivity contribution < 1.29 is 9.47 Å². The summed E-state index contributed by atoms with van der Waals surface area (Å²) in [6.45, 7) is 1.12. The molecule has 0 bridgehead atoms. The van der Waals surface area contributed by atoms with Gasteiger partial charge in [-0.15, -0.1) is 0 Å². The lowest BCUT2D eigenvalue weighted by atomic mass is 10.1. The molecular weight excluding hydrogens is 306 g/mol. The number of hydrogen-bond donors (Lipinski definition) is 2. The third-order valence-corrected chi connectivity index (χ3v) is 4.21. The summed E-state index contributed by atoms with van der Waals surface area (Å²) >= 11 is 0. The standard InChI is InChI=1S/C17H15N5O2/c18-16-20-15(10-5-6-13-14(9-10)24-8-7-23-13)22-12-4-2-1-3-11(12)19-17(22)21-16/h1-6,9,15H,7-8H2,(H3,18,19,20,21)/t15-/m0/s1. The minimum atomic E-state index is -0.301. The molecule has 0 spiro atoms. The van der Waals surface area contributed by atoms with Crippen LogP contribution in [0.2, 0.25) is 0 Å². The van der Waals surface area contributed by atoms with E-state index in [0.29, 0.717) is 25.1 Å². The Labute approximate surface area is 137 Å². The van der Waals surface area contributed by atoms with Gasteiger partial charge in [0.25, 0.3) is 0 Å². The fourth-order valence-electron chi connectivity index (χ4n) is 3.16. The van der Waals surface area contributed by atoms with Crippen LogP contribution in [0.1, 0.15) is 11.7 Å². The highest BCUT2D eigenvalue weighted by Gasteiger charge is 2.26. The molecule has 0 saturated heterocycles. The SMILES string of the molecule is NC1=N[C@H](c2ccc3c(c2)OCCO3)n2c(nc3ccccc32)N1. The van der Waals surface area contributed by atoms with Crippen LogP contribution in [-0.2, 0) is 0 Å². The molecule has 0 radical (unpaired) electrons. The Kier molecular flexibility index (Phi) is 2.70. The molecule has 5 rings (SSSR count). The summed E-state index contributed by atoms with van der Waals surface area (Å²) in [4.78, 5) is 9.18. The van der Waals surface area contributed by atoms with Crippen molar-refractivity contribution in [1.29, 1.82) is 0 Å². The number of fused-ring (bicyclic) bond motifs is 4. The second-order valence-corrected chi connectivity index (χ2v) is 5.71. The molecule has 1 atom stereocenters. The molecule has 0 aliphatic carbocycles. The fraction of sp³-hybridized carbons (Fsp3) is 0.176. The van der Waals surface area contributed by atoms with Crippen molar-refractivity contribution in [2.75, 3.05) is 18.5 Å². The Hall–Kier alpha value is -3.22. The van der Waals surface area contributed by atoms with E-state index in [1.165, 1.54) is 0 Å². The minimum absolute atomic E-state index is 0.301. The Morgan fingerprint density at radius 1 is 1.08 bits per heavy atom. The van der Waals surface area contributed by atoms with Crippen LogP contribution in [0.5, 0.6) is 11.5 Å². The summed E-state index contributed by atoms with van der Waals surface area (Å²) in [6.07, 6.45) is -0.301. The first-order valence-electron chi connectivity index (χ1n) is 7.76. The number of guanidine groups is 1. The van der Waals surface area contributed by atoms with Gasteiger partial charge in [-0.1, -0.05) is 18.2 Å². The van der Waals surface area contributed by atoms with Crippen molar-refractivity contribution >= 4 is 22.9 Å². The number of benzene rings is 2. The second-order valence-electron chi connectivity index (χ2n) is 5.71. The van der Waals surface area contributed by atoms with E-state index < -0.39 is 0 Å². The quantitative estimate of drug-likeness (QED) is 0.717.